The molecule has 0 unspecified atom stereocenters. The van der Waals surface area contributed by atoms with Crippen molar-refractivity contribution in [1.29, 1.82) is 0 Å². The monoisotopic (exact) mass is 378 g/mol. The lowest BCUT2D eigenvalue weighted by molar-refractivity contribution is -0.138. The summed E-state index contributed by atoms with van der Waals surface area (Å²) in [6.07, 6.45) is 21.7. The highest BCUT2D eigenvalue weighted by atomic mass is 16.6. The summed E-state index contributed by atoms with van der Waals surface area (Å²) < 4.78 is 4.80. The zero-order chi connectivity index (χ0) is 19.6. The minimum absolute atomic E-state index is 0.314. The van der Waals surface area contributed by atoms with Gasteiger partial charge >= 0.3 is 12.1 Å². The quantitative estimate of drug-likeness (QED) is 0.151. The van der Waals surface area contributed by atoms with Gasteiger partial charge in [0, 0.05) is 13.0 Å². The van der Waals surface area contributed by atoms with Crippen LogP contribution in [0.3, 0.4) is 0 Å². The van der Waals surface area contributed by atoms with Crippen LogP contribution in [0.1, 0.15) is 96.8 Å². The Hall–Kier alpha value is -1.65. The first-order valence-electron chi connectivity index (χ1n) is 10.9. The van der Waals surface area contributed by atoms with E-state index in [4.69, 9.17) is 4.74 Å². The van der Waals surface area contributed by atoms with Crippen molar-refractivity contribution in [2.75, 3.05) is 13.1 Å². The Balaban J connectivity index is 1.83. The van der Waals surface area contributed by atoms with Gasteiger partial charge in [0.2, 0.25) is 0 Å². The predicted octanol–water partition coefficient (Wildman–Crippen LogP) is 6.03. The maximum atomic E-state index is 11.6. The third-order valence-electron chi connectivity index (χ3n) is 4.77. The Morgan fingerprint density at radius 3 is 2.11 bits per heavy atom. The number of allylic oxidation sites excluding steroid dienone is 2. The lowest BCUT2D eigenvalue weighted by atomic mass is 10.1. The summed E-state index contributed by atoms with van der Waals surface area (Å²) >= 11 is 0. The maximum absolute atomic E-state index is 11.6. The topological polar surface area (TPSA) is 59.0 Å². The van der Waals surface area contributed by atoms with Crippen molar-refractivity contribution in [2.24, 2.45) is 4.99 Å². The second-order valence-corrected chi connectivity index (χ2v) is 7.29. The number of unbranched alkanes of at least 4 members (excludes halogenated alkanes) is 11. The molecule has 0 fully saturated rings. The van der Waals surface area contributed by atoms with Crippen molar-refractivity contribution >= 4 is 18.4 Å². The summed E-state index contributed by atoms with van der Waals surface area (Å²) in [5, 5.41) is 0. The van der Waals surface area contributed by atoms with Crippen LogP contribution in [0.4, 0.5) is 4.79 Å². The van der Waals surface area contributed by atoms with Crippen LogP contribution in [0, 0.1) is 0 Å². The smallest absolute Gasteiger partial charge is 0.376 e. The van der Waals surface area contributed by atoms with Crippen molar-refractivity contribution in [3.05, 3.63) is 12.2 Å². The molecule has 0 aliphatic carbocycles. The Morgan fingerprint density at radius 1 is 0.926 bits per heavy atom. The molecule has 1 amide bonds. The zero-order valence-corrected chi connectivity index (χ0v) is 17.2. The highest BCUT2D eigenvalue weighted by Crippen LogP contribution is 2.10. The minimum atomic E-state index is -0.603. The van der Waals surface area contributed by atoms with Crippen LogP contribution < -0.4 is 0 Å². The van der Waals surface area contributed by atoms with Crippen LogP contribution in [-0.2, 0) is 9.53 Å². The number of hydrogen-bond donors (Lipinski definition) is 0. The van der Waals surface area contributed by atoms with E-state index in [0.717, 1.165) is 25.7 Å². The first-order chi connectivity index (χ1) is 13.2. The van der Waals surface area contributed by atoms with Crippen molar-refractivity contribution in [2.45, 2.75) is 96.8 Å². The fraction of sp³-hybridized carbons (Fsp3) is 0.773. The van der Waals surface area contributed by atoms with E-state index in [1.807, 2.05) is 0 Å². The lowest BCUT2D eigenvalue weighted by Gasteiger charge is -2.10. The molecule has 27 heavy (non-hydrogen) atoms. The molecule has 1 aliphatic rings. The highest BCUT2D eigenvalue weighted by Gasteiger charge is 2.18. The molecule has 1 rings (SSSR count). The van der Waals surface area contributed by atoms with E-state index >= 15 is 0 Å². The number of esters is 1. The van der Waals surface area contributed by atoms with Gasteiger partial charge in [-0.3, -0.25) is 14.7 Å². The molecule has 0 bridgehead atoms. The molecular formula is C22H38N2O3. The minimum Gasteiger partial charge on any atom is -0.376 e. The number of aliphatic imine (C=N–C) groups is 1. The summed E-state index contributed by atoms with van der Waals surface area (Å²) in [6, 6.07) is 0. The van der Waals surface area contributed by atoms with Gasteiger partial charge < -0.3 is 4.74 Å². The number of carbonyl (C=O) groups excluding carboxylic acids is 2. The largest absolute Gasteiger partial charge is 0.422 e. The third kappa shape index (κ3) is 13.2. The average molecular weight is 379 g/mol. The summed E-state index contributed by atoms with van der Waals surface area (Å²) in [5.41, 5.74) is 0. The van der Waals surface area contributed by atoms with E-state index in [2.05, 4.69) is 24.1 Å². The second-order valence-electron chi connectivity index (χ2n) is 7.29. The van der Waals surface area contributed by atoms with Crippen LogP contribution in [-0.4, -0.2) is 36.4 Å². The first-order valence-corrected chi connectivity index (χ1v) is 10.9. The van der Waals surface area contributed by atoms with Crippen molar-refractivity contribution < 1.29 is 14.3 Å². The van der Waals surface area contributed by atoms with Crippen LogP contribution >= 0.6 is 0 Å². The molecular weight excluding hydrogens is 340 g/mol. The lowest BCUT2D eigenvalue weighted by Crippen LogP contribution is -2.30. The van der Waals surface area contributed by atoms with Crippen molar-refractivity contribution in [3.63, 3.8) is 0 Å². The van der Waals surface area contributed by atoms with E-state index < -0.39 is 12.1 Å². The van der Waals surface area contributed by atoms with Gasteiger partial charge in [0.15, 0.2) is 0 Å². The third-order valence-corrected chi connectivity index (χ3v) is 4.77. The molecule has 0 N–H and O–H groups in total. The molecule has 5 nitrogen and oxygen atoms in total. The van der Waals surface area contributed by atoms with Crippen LogP contribution in [0.2, 0.25) is 0 Å². The molecule has 0 atom stereocenters. The highest BCUT2D eigenvalue weighted by molar-refractivity contribution is 5.91. The molecule has 0 aromatic heterocycles. The van der Waals surface area contributed by atoms with Crippen LogP contribution in [0.25, 0.3) is 0 Å². The fourth-order valence-electron chi connectivity index (χ4n) is 3.07. The molecule has 5 heteroatoms. The number of amides is 1. The summed E-state index contributed by atoms with van der Waals surface area (Å²) in [6.45, 7) is 3.34. The van der Waals surface area contributed by atoms with Gasteiger partial charge in [0.05, 0.1) is 12.9 Å². The zero-order valence-electron chi connectivity index (χ0n) is 17.2. The second kappa shape index (κ2) is 16.5. The molecule has 0 saturated heterocycles. The van der Waals surface area contributed by atoms with Gasteiger partial charge in [-0.05, 0) is 32.1 Å². The predicted molar refractivity (Wildman–Crippen MR) is 111 cm³/mol. The van der Waals surface area contributed by atoms with Gasteiger partial charge in [-0.2, -0.15) is 0 Å². The number of ether oxygens (including phenoxy) is 1. The molecule has 1 aliphatic heterocycles. The van der Waals surface area contributed by atoms with E-state index in [1.165, 1.54) is 69.0 Å². The molecule has 0 radical (unpaired) electrons. The standard InChI is InChI=1S/C22H38N2O3/c1-2-3-4-5-6-7-8-9-10-11-12-13-14-15-16-17-21(25)27-22(26)24-19-18-23-20-24/h9-10,20H,2-8,11-19H2,1H3/b10-9-. The average Bonchev–Trinajstić information content (AvgIpc) is 3.20. The molecule has 0 aromatic rings. The van der Waals surface area contributed by atoms with Crippen molar-refractivity contribution in [3.8, 4) is 0 Å². The molecule has 0 aromatic carbocycles. The van der Waals surface area contributed by atoms with Gasteiger partial charge in [0.25, 0.3) is 0 Å². The Labute approximate surface area is 165 Å². The Bertz CT molecular complexity index is 460. The van der Waals surface area contributed by atoms with E-state index in [9.17, 15) is 9.59 Å². The van der Waals surface area contributed by atoms with Gasteiger partial charge in [-0.25, -0.2) is 4.79 Å². The van der Waals surface area contributed by atoms with E-state index in [0.29, 0.717) is 19.5 Å². The summed E-state index contributed by atoms with van der Waals surface area (Å²) in [5.74, 6) is -0.432. The van der Waals surface area contributed by atoms with Gasteiger partial charge in [0.1, 0.15) is 0 Å². The molecule has 1 heterocycles. The number of carbonyl (C=O) groups is 2. The van der Waals surface area contributed by atoms with Crippen LogP contribution in [0.5, 0.6) is 0 Å². The van der Waals surface area contributed by atoms with E-state index in [1.54, 1.807) is 0 Å². The Morgan fingerprint density at radius 2 is 1.52 bits per heavy atom. The summed E-state index contributed by atoms with van der Waals surface area (Å²) in [7, 11) is 0. The molecule has 0 saturated carbocycles. The summed E-state index contributed by atoms with van der Waals surface area (Å²) in [4.78, 5) is 28.5. The van der Waals surface area contributed by atoms with Crippen LogP contribution in [0.15, 0.2) is 17.1 Å². The SMILES string of the molecule is CCCCCCCC/C=C\CCCCCCCC(=O)OC(=O)N1C=NCC1. The van der Waals surface area contributed by atoms with Gasteiger partial charge in [-0.15, -0.1) is 0 Å². The number of nitrogens with zero attached hydrogens (tertiary/aromatic N) is 2. The number of hydrogen-bond acceptors (Lipinski definition) is 4. The van der Waals surface area contributed by atoms with Crippen molar-refractivity contribution in [1.82, 2.24) is 4.90 Å². The molecule has 0 spiro atoms. The Kier molecular flexibility index (Phi) is 14.3. The first kappa shape index (κ1) is 23.4. The van der Waals surface area contributed by atoms with Gasteiger partial charge in [-0.1, -0.05) is 70.4 Å². The number of rotatable bonds is 15. The molecule has 154 valence electrons. The normalized spacial score (nSPS) is 13.6. The van der Waals surface area contributed by atoms with E-state index in [-0.39, 0.29) is 0 Å². The maximum Gasteiger partial charge on any atom is 0.422 e. The fourth-order valence-corrected chi connectivity index (χ4v) is 3.07.